The molecule has 0 unspecified atom stereocenters. The Kier molecular flexibility index (Phi) is 2.38. The molecular formula is C10H14N2. The highest BCUT2D eigenvalue weighted by atomic mass is 14.7. The van der Waals surface area contributed by atoms with Gasteiger partial charge in [0.25, 0.3) is 0 Å². The predicted molar refractivity (Wildman–Crippen MR) is 54.6 cm³/mol. The molecule has 1 aromatic rings. The van der Waals surface area contributed by atoms with Crippen molar-refractivity contribution in [3.63, 3.8) is 0 Å². The number of hydrogen-bond donors (Lipinski definition) is 2. The number of rotatable bonds is 1. The van der Waals surface area contributed by atoms with Crippen molar-refractivity contribution in [2.75, 3.05) is 11.5 Å². The molecule has 0 amide bonds. The SMILES string of the molecule is C/C=C(\C)c1ccc(N)c(N)c1. The Morgan fingerprint density at radius 3 is 2.42 bits per heavy atom. The first kappa shape index (κ1) is 8.65. The van der Waals surface area contributed by atoms with Gasteiger partial charge in [0.2, 0.25) is 0 Å². The van der Waals surface area contributed by atoms with Crippen LogP contribution in [-0.4, -0.2) is 0 Å². The zero-order chi connectivity index (χ0) is 9.14. The van der Waals surface area contributed by atoms with Crippen LogP contribution in [0, 0.1) is 0 Å². The highest BCUT2D eigenvalue weighted by Crippen LogP contribution is 2.21. The highest BCUT2D eigenvalue weighted by molar-refractivity contribution is 5.72. The van der Waals surface area contributed by atoms with E-state index in [1.54, 1.807) is 0 Å². The van der Waals surface area contributed by atoms with Gasteiger partial charge in [-0.05, 0) is 37.1 Å². The topological polar surface area (TPSA) is 52.0 Å². The van der Waals surface area contributed by atoms with Crippen molar-refractivity contribution in [3.8, 4) is 0 Å². The monoisotopic (exact) mass is 162 g/mol. The lowest BCUT2D eigenvalue weighted by Gasteiger charge is -2.04. The fraction of sp³-hybridized carbons (Fsp3) is 0.200. The van der Waals surface area contributed by atoms with Crippen molar-refractivity contribution >= 4 is 16.9 Å². The van der Waals surface area contributed by atoms with Gasteiger partial charge in [0.1, 0.15) is 0 Å². The largest absolute Gasteiger partial charge is 0.397 e. The van der Waals surface area contributed by atoms with Crippen LogP contribution in [0.1, 0.15) is 19.4 Å². The minimum absolute atomic E-state index is 0.641. The normalized spacial score (nSPS) is 11.7. The second-order valence-corrected chi connectivity index (χ2v) is 2.82. The molecule has 0 atom stereocenters. The molecule has 1 rings (SSSR count). The molecule has 0 aromatic heterocycles. The van der Waals surface area contributed by atoms with Gasteiger partial charge in [0.05, 0.1) is 11.4 Å². The Bertz CT molecular complexity index is 314. The third-order valence-corrected chi connectivity index (χ3v) is 1.98. The van der Waals surface area contributed by atoms with Gasteiger partial charge in [-0.15, -0.1) is 0 Å². The molecule has 0 fully saturated rings. The number of allylic oxidation sites excluding steroid dienone is 2. The molecule has 2 nitrogen and oxygen atoms in total. The smallest absolute Gasteiger partial charge is 0.0553 e. The summed E-state index contributed by atoms with van der Waals surface area (Å²) in [6.45, 7) is 4.05. The van der Waals surface area contributed by atoms with Crippen LogP contribution in [0.2, 0.25) is 0 Å². The maximum atomic E-state index is 5.66. The number of hydrogen-bond acceptors (Lipinski definition) is 2. The first-order valence-corrected chi connectivity index (χ1v) is 3.93. The number of nitrogen functional groups attached to an aromatic ring is 2. The quantitative estimate of drug-likeness (QED) is 0.622. The van der Waals surface area contributed by atoms with Crippen molar-refractivity contribution in [2.45, 2.75) is 13.8 Å². The summed E-state index contributed by atoms with van der Waals surface area (Å²) in [6, 6.07) is 5.70. The fourth-order valence-corrected chi connectivity index (χ4v) is 0.987. The van der Waals surface area contributed by atoms with E-state index in [2.05, 4.69) is 0 Å². The Morgan fingerprint density at radius 1 is 1.25 bits per heavy atom. The molecule has 0 aliphatic rings. The van der Waals surface area contributed by atoms with Gasteiger partial charge in [-0.3, -0.25) is 0 Å². The summed E-state index contributed by atoms with van der Waals surface area (Å²) in [7, 11) is 0. The summed E-state index contributed by atoms with van der Waals surface area (Å²) >= 11 is 0. The van der Waals surface area contributed by atoms with E-state index in [0.29, 0.717) is 11.4 Å². The van der Waals surface area contributed by atoms with Crippen LogP contribution in [0.5, 0.6) is 0 Å². The van der Waals surface area contributed by atoms with Gasteiger partial charge in [0.15, 0.2) is 0 Å². The van der Waals surface area contributed by atoms with Crippen molar-refractivity contribution in [3.05, 3.63) is 29.8 Å². The van der Waals surface area contributed by atoms with Crippen LogP contribution in [0.25, 0.3) is 5.57 Å². The second-order valence-electron chi connectivity index (χ2n) is 2.82. The van der Waals surface area contributed by atoms with E-state index in [0.717, 1.165) is 5.56 Å². The van der Waals surface area contributed by atoms with Crippen molar-refractivity contribution in [2.24, 2.45) is 0 Å². The van der Waals surface area contributed by atoms with E-state index in [1.165, 1.54) is 5.57 Å². The summed E-state index contributed by atoms with van der Waals surface area (Å²) < 4.78 is 0. The van der Waals surface area contributed by atoms with E-state index >= 15 is 0 Å². The van der Waals surface area contributed by atoms with Gasteiger partial charge >= 0.3 is 0 Å². The lowest BCUT2D eigenvalue weighted by Crippen LogP contribution is -1.94. The number of anilines is 2. The second kappa shape index (κ2) is 3.30. The molecule has 0 spiro atoms. The molecule has 64 valence electrons. The first-order chi connectivity index (χ1) is 5.65. The molecule has 0 radical (unpaired) electrons. The average molecular weight is 162 g/mol. The van der Waals surface area contributed by atoms with Crippen LogP contribution < -0.4 is 11.5 Å². The number of benzene rings is 1. The Balaban J connectivity index is 3.13. The maximum absolute atomic E-state index is 5.66. The van der Waals surface area contributed by atoms with Crippen LogP contribution in [-0.2, 0) is 0 Å². The van der Waals surface area contributed by atoms with Crippen molar-refractivity contribution in [1.82, 2.24) is 0 Å². The lowest BCUT2D eigenvalue weighted by atomic mass is 10.1. The zero-order valence-corrected chi connectivity index (χ0v) is 7.46. The van der Waals surface area contributed by atoms with Gasteiger partial charge in [-0.1, -0.05) is 12.1 Å². The lowest BCUT2D eigenvalue weighted by molar-refractivity contribution is 1.54. The van der Waals surface area contributed by atoms with Gasteiger partial charge in [-0.2, -0.15) is 0 Å². The standard InChI is InChI=1S/C10H14N2/c1-3-7(2)8-4-5-9(11)10(12)6-8/h3-6H,11-12H2,1-2H3/b7-3+. The van der Waals surface area contributed by atoms with Crippen LogP contribution in [0.15, 0.2) is 24.3 Å². The van der Waals surface area contributed by atoms with E-state index in [9.17, 15) is 0 Å². The van der Waals surface area contributed by atoms with Crippen LogP contribution in [0.4, 0.5) is 11.4 Å². The van der Waals surface area contributed by atoms with E-state index < -0.39 is 0 Å². The number of nitrogens with two attached hydrogens (primary N) is 2. The molecule has 0 saturated heterocycles. The van der Waals surface area contributed by atoms with Gasteiger partial charge in [-0.25, -0.2) is 0 Å². The van der Waals surface area contributed by atoms with Crippen LogP contribution in [0.3, 0.4) is 0 Å². The molecule has 0 heterocycles. The van der Waals surface area contributed by atoms with Gasteiger partial charge < -0.3 is 11.5 Å². The molecule has 1 aromatic carbocycles. The molecule has 4 N–H and O–H groups in total. The Hall–Kier alpha value is -1.44. The molecule has 2 heteroatoms. The van der Waals surface area contributed by atoms with E-state index in [1.807, 2.05) is 38.1 Å². The summed E-state index contributed by atoms with van der Waals surface area (Å²) in [5.41, 5.74) is 14.9. The third kappa shape index (κ3) is 1.59. The summed E-state index contributed by atoms with van der Waals surface area (Å²) in [5.74, 6) is 0. The molecular weight excluding hydrogens is 148 g/mol. The molecule has 0 saturated carbocycles. The average Bonchev–Trinajstić information content (AvgIpc) is 2.08. The highest BCUT2D eigenvalue weighted by Gasteiger charge is 1.97. The summed E-state index contributed by atoms with van der Waals surface area (Å²) in [5, 5.41) is 0. The van der Waals surface area contributed by atoms with Crippen molar-refractivity contribution in [1.29, 1.82) is 0 Å². The molecule has 0 aliphatic heterocycles. The van der Waals surface area contributed by atoms with Gasteiger partial charge in [0, 0.05) is 0 Å². The molecule has 0 aliphatic carbocycles. The molecule has 12 heavy (non-hydrogen) atoms. The Morgan fingerprint density at radius 2 is 1.92 bits per heavy atom. The molecule has 0 bridgehead atoms. The summed E-state index contributed by atoms with van der Waals surface area (Å²) in [6.07, 6.45) is 2.05. The van der Waals surface area contributed by atoms with Crippen LogP contribution >= 0.6 is 0 Å². The zero-order valence-electron chi connectivity index (χ0n) is 7.46. The minimum Gasteiger partial charge on any atom is -0.397 e. The minimum atomic E-state index is 0.641. The third-order valence-electron chi connectivity index (χ3n) is 1.98. The van der Waals surface area contributed by atoms with E-state index in [4.69, 9.17) is 11.5 Å². The maximum Gasteiger partial charge on any atom is 0.0553 e. The first-order valence-electron chi connectivity index (χ1n) is 3.93. The Labute approximate surface area is 72.9 Å². The summed E-state index contributed by atoms with van der Waals surface area (Å²) in [4.78, 5) is 0. The predicted octanol–water partition coefficient (Wildman–Crippen LogP) is 2.27. The van der Waals surface area contributed by atoms with Crippen molar-refractivity contribution < 1.29 is 0 Å². The van der Waals surface area contributed by atoms with E-state index in [-0.39, 0.29) is 0 Å². The fourth-order valence-electron chi connectivity index (χ4n) is 0.987.